The molecule has 0 amide bonds. The lowest BCUT2D eigenvalue weighted by Gasteiger charge is -2.34. The highest BCUT2D eigenvalue weighted by Gasteiger charge is 2.38. The number of nitrogens with zero attached hydrogens (tertiary/aromatic N) is 2. The number of fused-ring (bicyclic) bond motifs is 1. The number of benzene rings is 1. The Balaban J connectivity index is 0.00000169. The Morgan fingerprint density at radius 3 is 2.75 bits per heavy atom. The quantitative estimate of drug-likeness (QED) is 0.840. The van der Waals surface area contributed by atoms with Crippen LogP contribution >= 0.6 is 12.4 Å². The normalized spacial score (nSPS) is 17.7. The lowest BCUT2D eigenvalue weighted by Crippen LogP contribution is -2.44. The summed E-state index contributed by atoms with van der Waals surface area (Å²) in [4.78, 5) is 16.7. The van der Waals surface area contributed by atoms with Gasteiger partial charge in [0.15, 0.2) is 11.6 Å². The van der Waals surface area contributed by atoms with E-state index in [9.17, 15) is 4.79 Å². The fraction of sp³-hybridized carbons (Fsp3) is 0.500. The van der Waals surface area contributed by atoms with Crippen molar-refractivity contribution in [1.82, 2.24) is 10.1 Å². The molecule has 0 saturated heterocycles. The van der Waals surface area contributed by atoms with Gasteiger partial charge in [-0.05, 0) is 55.7 Å². The van der Waals surface area contributed by atoms with Crippen LogP contribution in [-0.2, 0) is 24.8 Å². The number of carbonyl (C=O) groups is 1. The van der Waals surface area contributed by atoms with Gasteiger partial charge in [-0.1, -0.05) is 17.3 Å². The average molecular weight is 348 g/mol. The second-order valence-corrected chi connectivity index (χ2v) is 6.78. The number of carbonyl (C=O) groups excluding carboxylic acids is 1. The Morgan fingerprint density at radius 2 is 2.00 bits per heavy atom. The molecule has 1 saturated carbocycles. The summed E-state index contributed by atoms with van der Waals surface area (Å²) >= 11 is 0. The van der Waals surface area contributed by atoms with E-state index in [1.807, 2.05) is 12.1 Å². The fourth-order valence-electron chi connectivity index (χ4n) is 3.45. The molecule has 24 heavy (non-hydrogen) atoms. The molecule has 0 bridgehead atoms. The van der Waals surface area contributed by atoms with Crippen LogP contribution in [0.5, 0.6) is 0 Å². The highest BCUT2D eigenvalue weighted by Crippen LogP contribution is 2.36. The summed E-state index contributed by atoms with van der Waals surface area (Å²) in [5.74, 6) is 1.22. The molecular formula is C18H22ClN3O2. The number of ketones is 1. The monoisotopic (exact) mass is 347 g/mol. The number of Topliss-reactive ketones (excluding diaryl/α,β-unsaturated/α-hetero) is 1. The van der Waals surface area contributed by atoms with Gasteiger partial charge < -0.3 is 10.3 Å². The third-order valence-electron chi connectivity index (χ3n) is 5.15. The molecule has 2 aromatic rings. The van der Waals surface area contributed by atoms with Crippen molar-refractivity contribution >= 4 is 18.2 Å². The van der Waals surface area contributed by atoms with Crippen LogP contribution in [0.3, 0.4) is 0 Å². The predicted molar refractivity (Wildman–Crippen MR) is 92.4 cm³/mol. The van der Waals surface area contributed by atoms with Gasteiger partial charge in [0.05, 0.1) is 5.54 Å². The van der Waals surface area contributed by atoms with E-state index in [0.717, 1.165) is 37.7 Å². The van der Waals surface area contributed by atoms with Gasteiger partial charge in [-0.15, -0.1) is 12.4 Å². The summed E-state index contributed by atoms with van der Waals surface area (Å²) in [6, 6.07) is 6.08. The second-order valence-electron chi connectivity index (χ2n) is 6.78. The van der Waals surface area contributed by atoms with Crippen LogP contribution in [0.2, 0.25) is 0 Å². The first kappa shape index (κ1) is 17.1. The van der Waals surface area contributed by atoms with Crippen LogP contribution in [0.15, 0.2) is 22.7 Å². The van der Waals surface area contributed by atoms with Gasteiger partial charge in [-0.25, -0.2) is 0 Å². The minimum atomic E-state index is -0.411. The molecule has 2 aliphatic rings. The van der Waals surface area contributed by atoms with E-state index < -0.39 is 5.54 Å². The molecule has 2 aliphatic carbocycles. The van der Waals surface area contributed by atoms with Crippen molar-refractivity contribution in [1.29, 1.82) is 0 Å². The first-order chi connectivity index (χ1) is 11.1. The summed E-state index contributed by atoms with van der Waals surface area (Å²) in [5.41, 5.74) is 9.28. The number of aromatic nitrogens is 2. The molecule has 1 fully saturated rings. The lowest BCUT2D eigenvalue weighted by molar-refractivity contribution is 0.0979. The molecule has 0 spiro atoms. The maximum absolute atomic E-state index is 12.4. The Kier molecular flexibility index (Phi) is 4.74. The minimum Gasteiger partial charge on any atom is -0.339 e. The number of hydrogen-bond acceptors (Lipinski definition) is 5. The summed E-state index contributed by atoms with van der Waals surface area (Å²) in [7, 11) is 0. The molecule has 0 aliphatic heterocycles. The van der Waals surface area contributed by atoms with Gasteiger partial charge in [0.1, 0.15) is 0 Å². The van der Waals surface area contributed by atoms with E-state index in [0.29, 0.717) is 24.6 Å². The zero-order chi connectivity index (χ0) is 15.9. The van der Waals surface area contributed by atoms with Crippen molar-refractivity contribution in [2.45, 2.75) is 56.9 Å². The Morgan fingerprint density at radius 1 is 1.21 bits per heavy atom. The lowest BCUT2D eigenvalue weighted by atomic mass is 9.77. The molecule has 2 N–H and O–H groups in total. The molecule has 4 rings (SSSR count). The topological polar surface area (TPSA) is 82.0 Å². The molecule has 0 unspecified atom stereocenters. The van der Waals surface area contributed by atoms with Crippen LogP contribution < -0.4 is 5.73 Å². The predicted octanol–water partition coefficient (Wildman–Crippen LogP) is 3.13. The van der Waals surface area contributed by atoms with Crippen LogP contribution in [0, 0.1) is 0 Å². The minimum absolute atomic E-state index is 0. The van der Waals surface area contributed by atoms with Gasteiger partial charge in [0.25, 0.3) is 0 Å². The van der Waals surface area contributed by atoms with E-state index in [1.165, 1.54) is 17.5 Å². The maximum atomic E-state index is 12.4. The number of nitrogens with two attached hydrogens (primary N) is 1. The molecule has 1 heterocycles. The van der Waals surface area contributed by atoms with Crippen molar-refractivity contribution in [2.75, 3.05) is 0 Å². The zero-order valence-electron chi connectivity index (χ0n) is 13.6. The zero-order valence-corrected chi connectivity index (χ0v) is 14.4. The molecule has 0 atom stereocenters. The average Bonchev–Trinajstić information content (AvgIpc) is 3.18. The third-order valence-corrected chi connectivity index (χ3v) is 5.15. The SMILES string of the molecule is Cl.NC1(c2noc(CCC(=O)c3ccc4c(c3)CCC4)n2)CCC1. The van der Waals surface area contributed by atoms with Crippen LogP contribution in [-0.4, -0.2) is 15.9 Å². The second kappa shape index (κ2) is 6.65. The van der Waals surface area contributed by atoms with Crippen molar-refractivity contribution in [3.05, 3.63) is 46.6 Å². The number of rotatable bonds is 5. The first-order valence-corrected chi connectivity index (χ1v) is 8.41. The highest BCUT2D eigenvalue weighted by atomic mass is 35.5. The van der Waals surface area contributed by atoms with Gasteiger partial charge >= 0.3 is 0 Å². The van der Waals surface area contributed by atoms with E-state index in [2.05, 4.69) is 16.2 Å². The summed E-state index contributed by atoms with van der Waals surface area (Å²) in [6.45, 7) is 0. The molecule has 0 radical (unpaired) electrons. The Bertz CT molecular complexity index is 752. The first-order valence-electron chi connectivity index (χ1n) is 8.41. The standard InChI is InChI=1S/C18H21N3O2.ClH/c19-18(9-2-10-18)17-20-16(23-21-17)8-7-15(22)14-6-5-12-3-1-4-13(12)11-14;/h5-6,11H,1-4,7-10,19H2;1H. The van der Waals surface area contributed by atoms with E-state index in [4.69, 9.17) is 10.3 Å². The highest BCUT2D eigenvalue weighted by molar-refractivity contribution is 5.96. The van der Waals surface area contributed by atoms with Crippen LogP contribution in [0.25, 0.3) is 0 Å². The van der Waals surface area contributed by atoms with E-state index in [1.54, 1.807) is 0 Å². The molecule has 1 aromatic carbocycles. The Hall–Kier alpha value is -1.72. The van der Waals surface area contributed by atoms with Crippen molar-refractivity contribution < 1.29 is 9.32 Å². The third kappa shape index (κ3) is 3.10. The van der Waals surface area contributed by atoms with Crippen LogP contribution in [0.1, 0.15) is 65.3 Å². The van der Waals surface area contributed by atoms with Gasteiger partial charge in [-0.2, -0.15) is 4.98 Å². The molecule has 128 valence electrons. The van der Waals surface area contributed by atoms with Crippen molar-refractivity contribution in [2.24, 2.45) is 5.73 Å². The van der Waals surface area contributed by atoms with Gasteiger partial charge in [0, 0.05) is 18.4 Å². The molecule has 6 heteroatoms. The van der Waals surface area contributed by atoms with E-state index in [-0.39, 0.29) is 18.2 Å². The molecule has 5 nitrogen and oxygen atoms in total. The van der Waals surface area contributed by atoms with Gasteiger partial charge in [-0.3, -0.25) is 4.79 Å². The molecule has 1 aromatic heterocycles. The number of aryl methyl sites for hydroxylation is 3. The number of hydrogen-bond donors (Lipinski definition) is 1. The molecular weight excluding hydrogens is 326 g/mol. The Labute approximate surface area is 147 Å². The maximum Gasteiger partial charge on any atom is 0.227 e. The summed E-state index contributed by atoms with van der Waals surface area (Å²) in [5, 5.41) is 3.99. The van der Waals surface area contributed by atoms with Crippen molar-refractivity contribution in [3.63, 3.8) is 0 Å². The fourth-order valence-corrected chi connectivity index (χ4v) is 3.45. The van der Waals surface area contributed by atoms with Gasteiger partial charge in [0.2, 0.25) is 5.89 Å². The van der Waals surface area contributed by atoms with Crippen molar-refractivity contribution in [3.8, 4) is 0 Å². The largest absolute Gasteiger partial charge is 0.339 e. The number of halogens is 1. The van der Waals surface area contributed by atoms with Crippen LogP contribution in [0.4, 0.5) is 0 Å². The smallest absolute Gasteiger partial charge is 0.227 e. The summed E-state index contributed by atoms with van der Waals surface area (Å²) in [6.07, 6.45) is 7.18. The van der Waals surface area contributed by atoms with E-state index >= 15 is 0 Å². The summed E-state index contributed by atoms with van der Waals surface area (Å²) < 4.78 is 5.25.